The fraction of sp³-hybridized carbons (Fsp3) is 1.00. The summed E-state index contributed by atoms with van der Waals surface area (Å²) in [5.74, 6) is 0. The van der Waals surface area contributed by atoms with Gasteiger partial charge < -0.3 is 14.0 Å². The molecule has 0 aliphatic carbocycles. The van der Waals surface area contributed by atoms with E-state index in [0.717, 1.165) is 12.8 Å². The lowest BCUT2D eigenvalue weighted by Gasteiger charge is -2.19. The Morgan fingerprint density at radius 3 is 1.70 bits per heavy atom. The summed E-state index contributed by atoms with van der Waals surface area (Å²) >= 11 is -2.00. The van der Waals surface area contributed by atoms with E-state index in [9.17, 15) is 8.76 Å². The highest BCUT2D eigenvalue weighted by Crippen LogP contribution is 2.13. The van der Waals surface area contributed by atoms with Crippen molar-refractivity contribution in [2.45, 2.75) is 102 Å². The van der Waals surface area contributed by atoms with Gasteiger partial charge in [-0.05, 0) is 13.3 Å². The SMILES string of the molecule is CCCCCCCCCCCCCCOC(C(C)OC)S(=O)O. The second-order valence-corrected chi connectivity index (χ2v) is 7.36. The molecule has 0 radical (unpaired) electrons. The smallest absolute Gasteiger partial charge is 0.185 e. The average molecular weight is 351 g/mol. The summed E-state index contributed by atoms with van der Waals surface area (Å²) < 4.78 is 30.9. The number of unbranched alkanes of at least 4 members (excludes halogenated alkanes) is 11. The van der Waals surface area contributed by atoms with Crippen molar-refractivity contribution in [3.8, 4) is 0 Å². The van der Waals surface area contributed by atoms with Crippen LogP contribution < -0.4 is 0 Å². The average Bonchev–Trinajstić information content (AvgIpc) is 2.54. The Morgan fingerprint density at radius 2 is 1.30 bits per heavy atom. The maximum Gasteiger partial charge on any atom is 0.185 e. The molecule has 0 aliphatic rings. The Morgan fingerprint density at radius 1 is 0.870 bits per heavy atom. The van der Waals surface area contributed by atoms with E-state index in [1.807, 2.05) is 0 Å². The van der Waals surface area contributed by atoms with Crippen molar-refractivity contribution >= 4 is 11.1 Å². The molecule has 0 amide bonds. The first kappa shape index (κ1) is 23.0. The molecule has 0 saturated carbocycles. The fourth-order valence-electron chi connectivity index (χ4n) is 2.61. The van der Waals surface area contributed by atoms with E-state index in [0.29, 0.717) is 6.61 Å². The lowest BCUT2D eigenvalue weighted by atomic mass is 10.1. The van der Waals surface area contributed by atoms with Crippen molar-refractivity contribution in [3.05, 3.63) is 0 Å². The van der Waals surface area contributed by atoms with Gasteiger partial charge in [-0.1, -0.05) is 77.6 Å². The standard InChI is InChI=1S/C18H38O4S/c1-4-5-6-7-8-9-10-11-12-13-14-15-16-22-18(23(19)20)17(2)21-3/h17-18H,4-16H2,1-3H3,(H,19,20). The quantitative estimate of drug-likeness (QED) is 0.286. The summed E-state index contributed by atoms with van der Waals surface area (Å²) in [4.78, 5) is 0. The van der Waals surface area contributed by atoms with Gasteiger partial charge in [0.2, 0.25) is 0 Å². The summed E-state index contributed by atoms with van der Waals surface area (Å²) in [5, 5.41) is 0. The Bertz CT molecular complexity index is 274. The Kier molecular flexibility index (Phi) is 16.9. The van der Waals surface area contributed by atoms with Crippen molar-refractivity contribution in [3.63, 3.8) is 0 Å². The van der Waals surface area contributed by atoms with Gasteiger partial charge in [0.05, 0.1) is 6.10 Å². The Hall–Kier alpha value is 0.0300. The van der Waals surface area contributed by atoms with E-state index in [1.165, 1.54) is 71.3 Å². The first-order chi connectivity index (χ1) is 11.1. The van der Waals surface area contributed by atoms with Crippen LogP contribution in [0.25, 0.3) is 0 Å². The normalized spacial score (nSPS) is 15.5. The van der Waals surface area contributed by atoms with Crippen LogP contribution in [0.15, 0.2) is 0 Å². The third kappa shape index (κ3) is 14.1. The fourth-order valence-corrected chi connectivity index (χ4v) is 3.26. The molecule has 1 N–H and O–H groups in total. The monoisotopic (exact) mass is 350 g/mol. The van der Waals surface area contributed by atoms with Crippen LogP contribution >= 0.6 is 0 Å². The molecule has 4 nitrogen and oxygen atoms in total. The van der Waals surface area contributed by atoms with Gasteiger partial charge in [-0.15, -0.1) is 0 Å². The molecular formula is C18H38O4S. The molecule has 0 bridgehead atoms. The molecule has 0 fully saturated rings. The summed E-state index contributed by atoms with van der Waals surface area (Å²) in [7, 11) is 1.53. The molecule has 5 heteroatoms. The minimum absolute atomic E-state index is 0.363. The summed E-state index contributed by atoms with van der Waals surface area (Å²) in [6.45, 7) is 4.54. The van der Waals surface area contributed by atoms with Crippen LogP contribution in [0.3, 0.4) is 0 Å². The number of ether oxygens (including phenoxy) is 2. The third-order valence-corrected chi connectivity index (χ3v) is 5.15. The molecule has 0 aromatic carbocycles. The molecule has 0 saturated heterocycles. The summed E-state index contributed by atoms with van der Waals surface area (Å²) in [5.41, 5.74) is -0.743. The van der Waals surface area contributed by atoms with Crippen LogP contribution in [0, 0.1) is 0 Å². The predicted octanol–water partition coefficient (Wildman–Crippen LogP) is 5.29. The van der Waals surface area contributed by atoms with Crippen molar-refractivity contribution in [2.24, 2.45) is 0 Å². The van der Waals surface area contributed by atoms with E-state index in [-0.39, 0.29) is 6.10 Å². The van der Waals surface area contributed by atoms with Gasteiger partial charge in [-0.3, -0.25) is 0 Å². The zero-order chi connectivity index (χ0) is 17.3. The number of rotatable bonds is 17. The largest absolute Gasteiger partial charge is 0.378 e. The number of hydrogen-bond acceptors (Lipinski definition) is 3. The van der Waals surface area contributed by atoms with Gasteiger partial charge in [-0.25, -0.2) is 4.21 Å². The van der Waals surface area contributed by atoms with E-state index < -0.39 is 16.5 Å². The zero-order valence-electron chi connectivity index (χ0n) is 15.4. The van der Waals surface area contributed by atoms with Crippen LogP contribution in [0.2, 0.25) is 0 Å². The Labute approximate surface area is 146 Å². The molecule has 23 heavy (non-hydrogen) atoms. The van der Waals surface area contributed by atoms with Crippen molar-refractivity contribution in [1.29, 1.82) is 0 Å². The van der Waals surface area contributed by atoms with Gasteiger partial charge >= 0.3 is 0 Å². The topological polar surface area (TPSA) is 55.8 Å². The van der Waals surface area contributed by atoms with Gasteiger partial charge in [0.25, 0.3) is 0 Å². The maximum atomic E-state index is 11.2. The van der Waals surface area contributed by atoms with Crippen molar-refractivity contribution in [2.75, 3.05) is 13.7 Å². The molecule has 0 aromatic rings. The van der Waals surface area contributed by atoms with Gasteiger partial charge in [-0.2, -0.15) is 0 Å². The van der Waals surface area contributed by atoms with E-state index in [1.54, 1.807) is 6.92 Å². The van der Waals surface area contributed by atoms with Crippen LogP contribution in [0.4, 0.5) is 0 Å². The zero-order valence-corrected chi connectivity index (χ0v) is 16.2. The first-order valence-corrected chi connectivity index (χ1v) is 10.5. The Balaban J connectivity index is 3.34. The van der Waals surface area contributed by atoms with E-state index in [4.69, 9.17) is 9.47 Å². The van der Waals surface area contributed by atoms with Crippen molar-refractivity contribution < 1.29 is 18.2 Å². The molecule has 0 aliphatic heterocycles. The summed E-state index contributed by atoms with van der Waals surface area (Å²) in [6.07, 6.45) is 15.2. The van der Waals surface area contributed by atoms with Crippen LogP contribution in [0.1, 0.15) is 90.9 Å². The molecule has 0 aromatic heterocycles. The highest BCUT2D eigenvalue weighted by Gasteiger charge is 2.23. The molecular weight excluding hydrogens is 312 g/mol. The number of methoxy groups -OCH3 is 1. The van der Waals surface area contributed by atoms with E-state index in [2.05, 4.69) is 6.92 Å². The van der Waals surface area contributed by atoms with Gasteiger partial charge in [0.15, 0.2) is 16.5 Å². The van der Waals surface area contributed by atoms with Gasteiger partial charge in [0, 0.05) is 13.7 Å². The van der Waals surface area contributed by atoms with E-state index >= 15 is 0 Å². The van der Waals surface area contributed by atoms with Crippen LogP contribution in [0.5, 0.6) is 0 Å². The lowest BCUT2D eigenvalue weighted by molar-refractivity contribution is -0.00788. The second-order valence-electron chi connectivity index (χ2n) is 6.35. The highest BCUT2D eigenvalue weighted by atomic mass is 32.2. The third-order valence-electron chi connectivity index (χ3n) is 4.23. The summed E-state index contributed by atoms with van der Waals surface area (Å²) in [6, 6.07) is 0. The second kappa shape index (κ2) is 16.9. The molecule has 0 heterocycles. The highest BCUT2D eigenvalue weighted by molar-refractivity contribution is 7.79. The molecule has 0 rings (SSSR count). The van der Waals surface area contributed by atoms with Crippen molar-refractivity contribution in [1.82, 2.24) is 0 Å². The first-order valence-electron chi connectivity index (χ1n) is 9.37. The number of hydrogen-bond donors (Lipinski definition) is 1. The lowest BCUT2D eigenvalue weighted by Crippen LogP contribution is -2.32. The maximum absolute atomic E-state index is 11.2. The minimum atomic E-state index is -2.00. The van der Waals surface area contributed by atoms with Crippen LogP contribution in [-0.4, -0.2) is 34.0 Å². The van der Waals surface area contributed by atoms with Crippen LogP contribution in [-0.2, 0) is 20.6 Å². The molecule has 140 valence electrons. The molecule has 3 atom stereocenters. The molecule has 3 unspecified atom stereocenters. The molecule has 0 spiro atoms. The minimum Gasteiger partial charge on any atom is -0.378 e. The van der Waals surface area contributed by atoms with Gasteiger partial charge in [0.1, 0.15) is 0 Å². The predicted molar refractivity (Wildman–Crippen MR) is 98.1 cm³/mol.